The second-order valence-electron chi connectivity index (χ2n) is 5.34. The number of rotatable bonds is 5. The average molecular weight is 281 g/mol. The number of hydrogen-bond acceptors (Lipinski definition) is 4. The molecule has 20 heavy (non-hydrogen) atoms. The van der Waals surface area contributed by atoms with Gasteiger partial charge in [0.2, 0.25) is 5.91 Å². The second-order valence-corrected chi connectivity index (χ2v) is 5.34. The average Bonchev–Trinajstić information content (AvgIpc) is 2.97. The van der Waals surface area contributed by atoms with Crippen LogP contribution in [-0.2, 0) is 19.1 Å². The number of aliphatic carboxylic acids is 1. The van der Waals surface area contributed by atoms with E-state index in [9.17, 15) is 19.5 Å². The van der Waals surface area contributed by atoms with Crippen LogP contribution in [0.2, 0.25) is 0 Å². The Kier molecular flexibility index (Phi) is 4.11. The third-order valence-corrected chi connectivity index (χ3v) is 4.08. The quantitative estimate of drug-likeness (QED) is 0.587. The Bertz CT molecular complexity index is 458. The number of nitrogens with zero attached hydrogens (tertiary/aromatic N) is 1. The fourth-order valence-electron chi connectivity index (χ4n) is 3.23. The first-order valence-corrected chi connectivity index (χ1v) is 6.77. The predicted molar refractivity (Wildman–Crippen MR) is 69.6 cm³/mol. The predicted octanol–water partition coefficient (Wildman–Crippen LogP) is 0.531. The van der Waals surface area contributed by atoms with E-state index in [1.807, 2.05) is 12.2 Å². The summed E-state index contributed by atoms with van der Waals surface area (Å²) < 4.78 is 4.80. The van der Waals surface area contributed by atoms with Gasteiger partial charge in [0.15, 0.2) is 0 Å². The van der Waals surface area contributed by atoms with Crippen molar-refractivity contribution in [1.82, 2.24) is 4.90 Å². The lowest BCUT2D eigenvalue weighted by molar-refractivity contribution is -0.153. The maximum atomic E-state index is 12.4. The molecule has 6 nitrogen and oxygen atoms in total. The second kappa shape index (κ2) is 5.64. The molecule has 0 radical (unpaired) electrons. The molecular formula is C14H19NO5. The Morgan fingerprint density at radius 3 is 2.40 bits per heavy atom. The van der Waals surface area contributed by atoms with Crippen LogP contribution in [0, 0.1) is 23.7 Å². The molecule has 0 spiro atoms. The maximum Gasteiger partial charge on any atom is 0.325 e. The number of carbonyl (C=O) groups excluding carboxylic acids is 2. The van der Waals surface area contributed by atoms with Crippen LogP contribution in [0.1, 0.15) is 13.3 Å². The molecule has 2 rings (SSSR count). The van der Waals surface area contributed by atoms with E-state index >= 15 is 0 Å². The van der Waals surface area contributed by atoms with Crippen molar-refractivity contribution >= 4 is 17.8 Å². The lowest BCUT2D eigenvalue weighted by atomic mass is 9.82. The zero-order valence-corrected chi connectivity index (χ0v) is 11.6. The number of hydrogen-bond donors (Lipinski definition) is 1. The summed E-state index contributed by atoms with van der Waals surface area (Å²) in [4.78, 5) is 36.4. The van der Waals surface area contributed by atoms with E-state index in [1.165, 1.54) is 11.9 Å². The highest BCUT2D eigenvalue weighted by molar-refractivity contribution is 5.88. The Morgan fingerprint density at radius 2 is 1.85 bits per heavy atom. The van der Waals surface area contributed by atoms with Crippen LogP contribution in [0.4, 0.5) is 0 Å². The van der Waals surface area contributed by atoms with Crippen LogP contribution in [-0.4, -0.2) is 48.1 Å². The van der Waals surface area contributed by atoms with E-state index in [2.05, 4.69) is 0 Å². The van der Waals surface area contributed by atoms with Crippen LogP contribution in [0.5, 0.6) is 0 Å². The minimum absolute atomic E-state index is 0.0294. The highest BCUT2D eigenvalue weighted by atomic mass is 16.5. The molecule has 2 unspecified atom stereocenters. The van der Waals surface area contributed by atoms with Crippen LogP contribution in [0.25, 0.3) is 0 Å². The normalized spacial score (nSPS) is 30.3. The van der Waals surface area contributed by atoms with Crippen LogP contribution < -0.4 is 0 Å². The van der Waals surface area contributed by atoms with Crippen molar-refractivity contribution in [2.75, 3.05) is 20.2 Å². The molecule has 1 amide bonds. The van der Waals surface area contributed by atoms with Crippen LogP contribution in [0.15, 0.2) is 12.2 Å². The van der Waals surface area contributed by atoms with Crippen LogP contribution in [0.3, 0.4) is 0 Å². The molecule has 0 aromatic heterocycles. The molecule has 1 saturated carbocycles. The molecule has 2 aliphatic rings. The van der Waals surface area contributed by atoms with Gasteiger partial charge in [-0.1, -0.05) is 12.2 Å². The molecule has 1 N–H and O–H groups in total. The Morgan fingerprint density at radius 1 is 1.25 bits per heavy atom. The fraction of sp³-hybridized carbons (Fsp3) is 0.643. The van der Waals surface area contributed by atoms with Gasteiger partial charge >= 0.3 is 11.9 Å². The van der Waals surface area contributed by atoms with Gasteiger partial charge in [0.05, 0.1) is 18.4 Å². The topological polar surface area (TPSA) is 83.9 Å². The highest BCUT2D eigenvalue weighted by Crippen LogP contribution is 2.48. The number of carboxylic acid groups (broad SMARTS) is 1. The van der Waals surface area contributed by atoms with E-state index in [1.54, 1.807) is 6.92 Å². The van der Waals surface area contributed by atoms with Crippen molar-refractivity contribution in [3.63, 3.8) is 0 Å². The molecule has 0 saturated heterocycles. The zero-order chi connectivity index (χ0) is 14.9. The van der Waals surface area contributed by atoms with Gasteiger partial charge in [-0.2, -0.15) is 0 Å². The van der Waals surface area contributed by atoms with E-state index in [0.717, 1.165) is 0 Å². The van der Waals surface area contributed by atoms with Gasteiger partial charge in [0, 0.05) is 7.05 Å². The number of fused-ring (bicyclic) bond motifs is 2. The largest absolute Gasteiger partial charge is 0.481 e. The van der Waals surface area contributed by atoms with Gasteiger partial charge < -0.3 is 14.7 Å². The lowest BCUT2D eigenvalue weighted by Crippen LogP contribution is -2.43. The first kappa shape index (κ1) is 14.6. The zero-order valence-electron chi connectivity index (χ0n) is 11.6. The smallest absolute Gasteiger partial charge is 0.325 e. The van der Waals surface area contributed by atoms with Crippen molar-refractivity contribution < 1.29 is 24.2 Å². The standard InChI is InChI=1S/C14H19NO5/c1-3-20-10(16)7-15(2)13(17)11-8-4-5-9(6-8)12(11)14(18)19/h4-5,8-9,11-12H,3,6-7H2,1-2H3,(H,18,19)/t8?,9?,11-,12+/m0/s1. The summed E-state index contributed by atoms with van der Waals surface area (Å²) in [6.45, 7) is 1.81. The molecule has 4 atom stereocenters. The maximum absolute atomic E-state index is 12.4. The van der Waals surface area contributed by atoms with E-state index < -0.39 is 23.8 Å². The third kappa shape index (κ3) is 2.55. The van der Waals surface area contributed by atoms with Gasteiger partial charge in [0.25, 0.3) is 0 Å². The number of amides is 1. The summed E-state index contributed by atoms with van der Waals surface area (Å²) in [5, 5.41) is 9.31. The summed E-state index contributed by atoms with van der Waals surface area (Å²) >= 11 is 0. The van der Waals surface area contributed by atoms with E-state index in [4.69, 9.17) is 4.74 Å². The minimum Gasteiger partial charge on any atom is -0.481 e. The summed E-state index contributed by atoms with van der Waals surface area (Å²) in [6, 6.07) is 0. The molecule has 0 aromatic rings. The SMILES string of the molecule is CCOC(=O)CN(C)C(=O)[C@H]1C2C=CC(C2)[C@H]1C(=O)O. The highest BCUT2D eigenvalue weighted by Gasteiger charge is 2.52. The summed E-state index contributed by atoms with van der Waals surface area (Å²) in [5.74, 6) is -3.05. The van der Waals surface area contributed by atoms with Gasteiger partial charge in [-0.15, -0.1) is 0 Å². The molecular weight excluding hydrogens is 262 g/mol. The molecule has 2 aliphatic carbocycles. The summed E-state index contributed by atoms with van der Waals surface area (Å²) in [6.07, 6.45) is 4.52. The number of allylic oxidation sites excluding steroid dienone is 2. The van der Waals surface area contributed by atoms with Crippen molar-refractivity contribution in [2.24, 2.45) is 23.7 Å². The Hall–Kier alpha value is -1.85. The summed E-state index contributed by atoms with van der Waals surface area (Å²) in [5.41, 5.74) is 0. The number of carboxylic acids is 1. The van der Waals surface area contributed by atoms with Gasteiger partial charge in [-0.25, -0.2) is 0 Å². The van der Waals surface area contributed by atoms with Gasteiger partial charge in [-0.3, -0.25) is 14.4 Å². The van der Waals surface area contributed by atoms with E-state index in [-0.39, 0.29) is 30.9 Å². The fourth-order valence-corrected chi connectivity index (χ4v) is 3.23. The number of ether oxygens (including phenoxy) is 1. The molecule has 0 aliphatic heterocycles. The molecule has 2 bridgehead atoms. The van der Waals surface area contributed by atoms with Crippen molar-refractivity contribution in [3.8, 4) is 0 Å². The monoisotopic (exact) mass is 281 g/mol. The molecule has 110 valence electrons. The molecule has 0 aromatic carbocycles. The first-order chi connectivity index (χ1) is 9.45. The van der Waals surface area contributed by atoms with Crippen LogP contribution >= 0.6 is 0 Å². The molecule has 0 heterocycles. The lowest BCUT2D eigenvalue weighted by Gasteiger charge is -2.28. The Balaban J connectivity index is 2.06. The van der Waals surface area contributed by atoms with Crippen molar-refractivity contribution in [2.45, 2.75) is 13.3 Å². The van der Waals surface area contributed by atoms with Crippen molar-refractivity contribution in [1.29, 1.82) is 0 Å². The summed E-state index contributed by atoms with van der Waals surface area (Å²) in [7, 11) is 1.51. The van der Waals surface area contributed by atoms with E-state index in [0.29, 0.717) is 6.42 Å². The number of esters is 1. The number of carbonyl (C=O) groups is 3. The first-order valence-electron chi connectivity index (χ1n) is 6.77. The van der Waals surface area contributed by atoms with Crippen molar-refractivity contribution in [3.05, 3.63) is 12.2 Å². The van der Waals surface area contributed by atoms with Gasteiger partial charge in [-0.05, 0) is 25.2 Å². The van der Waals surface area contributed by atoms with Gasteiger partial charge in [0.1, 0.15) is 6.54 Å². The molecule has 6 heteroatoms. The minimum atomic E-state index is -0.940. The third-order valence-electron chi connectivity index (χ3n) is 4.08. The Labute approximate surface area is 117 Å². The molecule has 1 fully saturated rings. The number of likely N-dealkylation sites (N-methyl/N-ethyl adjacent to an activating group) is 1.